The van der Waals surface area contributed by atoms with Gasteiger partial charge in [-0.2, -0.15) is 0 Å². The molecule has 3 heterocycles. The molecule has 2 bridgehead atoms. The first-order chi connectivity index (χ1) is 14.1. The highest BCUT2D eigenvalue weighted by Gasteiger charge is 2.36. The monoisotopic (exact) mass is 453 g/mol. The second-order valence-corrected chi connectivity index (χ2v) is 9.05. The first-order valence-corrected chi connectivity index (χ1v) is 11.1. The summed E-state index contributed by atoms with van der Waals surface area (Å²) in [6.45, 7) is 0. The lowest BCUT2D eigenvalue weighted by Crippen LogP contribution is -2.55. The van der Waals surface area contributed by atoms with Crippen molar-refractivity contribution in [3.63, 3.8) is 0 Å². The summed E-state index contributed by atoms with van der Waals surface area (Å²) >= 11 is 3.55. The number of benzene rings is 2. The van der Waals surface area contributed by atoms with Crippen LogP contribution in [0.2, 0.25) is 0 Å². The molecule has 0 spiro atoms. The Morgan fingerprint density at radius 2 is 1.90 bits per heavy atom. The molecule has 5 rings (SSSR count). The van der Waals surface area contributed by atoms with Crippen molar-refractivity contribution in [2.75, 3.05) is 7.05 Å². The molecule has 1 amide bonds. The summed E-state index contributed by atoms with van der Waals surface area (Å²) < 4.78 is 6.88. The topological polar surface area (TPSA) is 58.4 Å². The number of para-hydroxylation sites is 1. The Balaban J connectivity index is 1.41. The van der Waals surface area contributed by atoms with Gasteiger partial charge in [0.1, 0.15) is 5.52 Å². The minimum absolute atomic E-state index is 0.0600. The summed E-state index contributed by atoms with van der Waals surface area (Å²) in [7, 11) is 2.23. The number of hydrogen-bond acceptors (Lipinski definition) is 4. The van der Waals surface area contributed by atoms with Crippen LogP contribution >= 0.6 is 15.9 Å². The van der Waals surface area contributed by atoms with Gasteiger partial charge in [-0.1, -0.05) is 24.6 Å². The third kappa shape index (κ3) is 3.49. The molecule has 1 aromatic heterocycles. The fraction of sp³-hybridized carbons (Fsp3) is 0.391. The molecular weight excluding hydrogens is 430 g/mol. The van der Waals surface area contributed by atoms with Gasteiger partial charge in [-0.3, -0.25) is 4.79 Å². The maximum Gasteiger partial charge on any atom is 0.253 e. The van der Waals surface area contributed by atoms with Crippen LogP contribution in [0.3, 0.4) is 0 Å². The predicted octanol–water partition coefficient (Wildman–Crippen LogP) is 5.00. The van der Waals surface area contributed by atoms with Crippen LogP contribution in [0.4, 0.5) is 0 Å². The molecule has 0 aliphatic carbocycles. The van der Waals surface area contributed by atoms with Crippen LogP contribution in [0.5, 0.6) is 0 Å². The lowest BCUT2D eigenvalue weighted by molar-refractivity contribution is 0.0463. The van der Waals surface area contributed by atoms with Crippen molar-refractivity contribution in [1.29, 1.82) is 0 Å². The number of nitrogens with zero attached hydrogens (tertiary/aromatic N) is 2. The molecule has 2 aromatic carbocycles. The molecule has 0 saturated carbocycles. The molecule has 0 radical (unpaired) electrons. The lowest BCUT2D eigenvalue weighted by Gasteiger charge is -2.47. The molecule has 1 N–H and O–H groups in total. The number of aromatic nitrogens is 1. The number of carbonyl (C=O) groups excluding carboxylic acids is 1. The van der Waals surface area contributed by atoms with E-state index in [9.17, 15) is 4.79 Å². The van der Waals surface area contributed by atoms with Crippen LogP contribution < -0.4 is 5.32 Å². The standard InChI is InChI=1S/C23H24BrN3O2/c1-27-15-6-4-7-16(27)13-14(12-15)25-22(28)18-9-5-11-20-21(18)26-23(29-20)17-8-2-3-10-19(17)24/h2-3,5,8-11,14-16H,4,6-7,12-13H2,1H3,(H,25,28). The third-order valence-electron chi connectivity index (χ3n) is 6.44. The van der Waals surface area contributed by atoms with E-state index in [4.69, 9.17) is 4.42 Å². The van der Waals surface area contributed by atoms with Gasteiger partial charge >= 0.3 is 0 Å². The van der Waals surface area contributed by atoms with Crippen LogP contribution in [-0.2, 0) is 0 Å². The molecule has 2 unspecified atom stereocenters. The minimum atomic E-state index is -0.0600. The van der Waals surface area contributed by atoms with Crippen LogP contribution in [0.1, 0.15) is 42.5 Å². The van der Waals surface area contributed by atoms with Crippen molar-refractivity contribution in [3.8, 4) is 11.5 Å². The molecule has 2 atom stereocenters. The van der Waals surface area contributed by atoms with Crippen molar-refractivity contribution in [1.82, 2.24) is 15.2 Å². The SMILES string of the molecule is CN1C2CCCC1CC(NC(=O)c1cccc3oc(-c4ccccc4Br)nc13)C2. The maximum atomic E-state index is 13.1. The molecule has 3 aromatic rings. The second-order valence-electron chi connectivity index (χ2n) is 8.20. The molecule has 150 valence electrons. The highest BCUT2D eigenvalue weighted by atomic mass is 79.9. The minimum Gasteiger partial charge on any atom is -0.436 e. The van der Waals surface area contributed by atoms with E-state index in [0.29, 0.717) is 34.6 Å². The summed E-state index contributed by atoms with van der Waals surface area (Å²) in [5, 5.41) is 3.28. The number of rotatable bonds is 3. The highest BCUT2D eigenvalue weighted by molar-refractivity contribution is 9.10. The Hall–Kier alpha value is -2.18. The van der Waals surface area contributed by atoms with Gasteiger partial charge < -0.3 is 14.6 Å². The van der Waals surface area contributed by atoms with Crippen molar-refractivity contribution in [2.45, 2.75) is 50.2 Å². The van der Waals surface area contributed by atoms with Gasteiger partial charge in [-0.15, -0.1) is 0 Å². The Morgan fingerprint density at radius 3 is 2.66 bits per heavy atom. The van der Waals surface area contributed by atoms with E-state index in [1.54, 1.807) is 0 Å². The summed E-state index contributed by atoms with van der Waals surface area (Å²) in [5.41, 5.74) is 2.69. The second kappa shape index (κ2) is 7.58. The van der Waals surface area contributed by atoms with Gasteiger partial charge in [0.05, 0.1) is 11.1 Å². The fourth-order valence-electron chi connectivity index (χ4n) is 4.88. The van der Waals surface area contributed by atoms with Crippen LogP contribution in [0, 0.1) is 0 Å². The van der Waals surface area contributed by atoms with E-state index in [-0.39, 0.29) is 11.9 Å². The van der Waals surface area contributed by atoms with E-state index >= 15 is 0 Å². The Kier molecular flexibility index (Phi) is 4.92. The summed E-state index contributed by atoms with van der Waals surface area (Å²) in [6, 6.07) is 14.7. The predicted molar refractivity (Wildman–Crippen MR) is 117 cm³/mol. The first-order valence-electron chi connectivity index (χ1n) is 10.3. The van der Waals surface area contributed by atoms with Gasteiger partial charge in [-0.05, 0) is 72.9 Å². The Labute approximate surface area is 178 Å². The summed E-state index contributed by atoms with van der Waals surface area (Å²) in [6.07, 6.45) is 5.81. The fourth-order valence-corrected chi connectivity index (χ4v) is 5.33. The average Bonchev–Trinajstić information content (AvgIpc) is 3.13. The third-order valence-corrected chi connectivity index (χ3v) is 7.13. The molecule has 5 nitrogen and oxygen atoms in total. The quantitative estimate of drug-likeness (QED) is 0.605. The van der Waals surface area contributed by atoms with Crippen molar-refractivity contribution < 1.29 is 9.21 Å². The van der Waals surface area contributed by atoms with E-state index in [1.165, 1.54) is 19.3 Å². The first kappa shape index (κ1) is 18.8. The zero-order valence-corrected chi connectivity index (χ0v) is 18.0. The van der Waals surface area contributed by atoms with Crippen LogP contribution in [-0.4, -0.2) is 41.0 Å². The molecule has 29 heavy (non-hydrogen) atoms. The largest absolute Gasteiger partial charge is 0.436 e. The van der Waals surface area contributed by atoms with E-state index < -0.39 is 0 Å². The van der Waals surface area contributed by atoms with E-state index in [1.807, 2.05) is 42.5 Å². The average molecular weight is 454 g/mol. The Morgan fingerprint density at radius 1 is 1.14 bits per heavy atom. The normalized spacial score (nSPS) is 24.6. The molecule has 6 heteroatoms. The van der Waals surface area contributed by atoms with E-state index in [0.717, 1.165) is 22.9 Å². The zero-order valence-electron chi connectivity index (χ0n) is 16.4. The highest BCUT2D eigenvalue weighted by Crippen LogP contribution is 2.34. The lowest BCUT2D eigenvalue weighted by atomic mass is 9.82. The van der Waals surface area contributed by atoms with Gasteiger partial charge in [0.15, 0.2) is 5.58 Å². The smallest absolute Gasteiger partial charge is 0.253 e. The molecular formula is C23H24BrN3O2. The summed E-state index contributed by atoms with van der Waals surface area (Å²) in [5.74, 6) is 0.455. The number of carbonyl (C=O) groups is 1. The van der Waals surface area contributed by atoms with E-state index in [2.05, 4.69) is 38.2 Å². The number of nitrogens with one attached hydrogen (secondary N) is 1. The molecule has 2 aliphatic rings. The number of amides is 1. The maximum absolute atomic E-state index is 13.1. The van der Waals surface area contributed by atoms with Gasteiger partial charge in [0, 0.05) is 22.6 Å². The summed E-state index contributed by atoms with van der Waals surface area (Å²) in [4.78, 5) is 20.3. The van der Waals surface area contributed by atoms with Gasteiger partial charge in [0.2, 0.25) is 5.89 Å². The van der Waals surface area contributed by atoms with Crippen LogP contribution in [0.25, 0.3) is 22.6 Å². The van der Waals surface area contributed by atoms with Gasteiger partial charge in [0.25, 0.3) is 5.91 Å². The van der Waals surface area contributed by atoms with Crippen molar-refractivity contribution in [3.05, 3.63) is 52.5 Å². The molecule has 2 saturated heterocycles. The Bertz CT molecular complexity index is 1050. The number of halogens is 1. The number of oxazole rings is 1. The van der Waals surface area contributed by atoms with Crippen LogP contribution in [0.15, 0.2) is 51.4 Å². The zero-order chi connectivity index (χ0) is 20.0. The van der Waals surface area contributed by atoms with Crippen molar-refractivity contribution in [2.24, 2.45) is 0 Å². The van der Waals surface area contributed by atoms with Crippen molar-refractivity contribution >= 4 is 32.9 Å². The number of piperidine rings is 2. The molecule has 2 fully saturated rings. The van der Waals surface area contributed by atoms with Gasteiger partial charge in [-0.25, -0.2) is 4.98 Å². The number of fused-ring (bicyclic) bond motifs is 3. The molecule has 2 aliphatic heterocycles. The number of hydrogen-bond donors (Lipinski definition) is 1.